The normalized spacial score (nSPS) is 15.9. The SMILES string of the molecule is O=C1NC(c2ccccc2)(c2ccccc2)C(=O)N1/N=C\c1ccccc1. The van der Waals surface area contributed by atoms with E-state index in [1.54, 1.807) is 0 Å². The second-order valence-corrected chi connectivity index (χ2v) is 6.18. The summed E-state index contributed by atoms with van der Waals surface area (Å²) < 4.78 is 0. The zero-order valence-corrected chi connectivity index (χ0v) is 14.4. The fourth-order valence-electron chi connectivity index (χ4n) is 3.22. The van der Waals surface area contributed by atoms with E-state index < -0.39 is 17.5 Å². The average molecular weight is 355 g/mol. The summed E-state index contributed by atoms with van der Waals surface area (Å²) in [6.07, 6.45) is 1.50. The first-order chi connectivity index (χ1) is 13.2. The van der Waals surface area contributed by atoms with Crippen LogP contribution in [0.2, 0.25) is 0 Å². The maximum atomic E-state index is 13.4. The maximum Gasteiger partial charge on any atom is 0.346 e. The molecule has 0 saturated carbocycles. The number of urea groups is 1. The minimum Gasteiger partial charge on any atom is -0.314 e. The predicted octanol–water partition coefficient (Wildman–Crippen LogP) is 3.52. The minimum atomic E-state index is -1.30. The van der Waals surface area contributed by atoms with Gasteiger partial charge in [-0.25, -0.2) is 4.79 Å². The summed E-state index contributed by atoms with van der Waals surface area (Å²) in [5, 5.41) is 7.90. The number of imide groups is 1. The van der Waals surface area contributed by atoms with Gasteiger partial charge in [-0.15, -0.1) is 5.01 Å². The van der Waals surface area contributed by atoms with Gasteiger partial charge in [-0.3, -0.25) is 4.79 Å². The Morgan fingerprint density at radius 3 is 1.74 bits per heavy atom. The Morgan fingerprint density at radius 2 is 1.22 bits per heavy atom. The third kappa shape index (κ3) is 2.89. The van der Waals surface area contributed by atoms with Crippen molar-refractivity contribution in [3.63, 3.8) is 0 Å². The number of rotatable bonds is 4. The first kappa shape index (κ1) is 16.7. The number of carbonyl (C=O) groups is 2. The van der Waals surface area contributed by atoms with Crippen LogP contribution in [-0.4, -0.2) is 23.2 Å². The Morgan fingerprint density at radius 1 is 0.741 bits per heavy atom. The highest BCUT2D eigenvalue weighted by atomic mass is 16.2. The molecule has 132 valence electrons. The van der Waals surface area contributed by atoms with Crippen LogP contribution in [0.1, 0.15) is 16.7 Å². The molecule has 0 spiro atoms. The average Bonchev–Trinajstić information content (AvgIpc) is 2.99. The van der Waals surface area contributed by atoms with Crippen molar-refractivity contribution >= 4 is 18.2 Å². The molecule has 5 heteroatoms. The Labute approximate surface area is 156 Å². The van der Waals surface area contributed by atoms with Crippen LogP contribution in [0.5, 0.6) is 0 Å². The van der Waals surface area contributed by atoms with E-state index in [4.69, 9.17) is 0 Å². The van der Waals surface area contributed by atoms with Gasteiger partial charge in [0.15, 0.2) is 5.54 Å². The molecule has 0 aliphatic carbocycles. The Hall–Kier alpha value is -3.73. The van der Waals surface area contributed by atoms with Crippen molar-refractivity contribution in [2.24, 2.45) is 5.10 Å². The molecule has 1 N–H and O–H groups in total. The second-order valence-electron chi connectivity index (χ2n) is 6.18. The highest BCUT2D eigenvalue weighted by Gasteiger charge is 2.54. The molecule has 1 fully saturated rings. The Bertz CT molecular complexity index is 946. The summed E-state index contributed by atoms with van der Waals surface area (Å²) in [6, 6.07) is 27.2. The number of nitrogens with zero attached hydrogens (tertiary/aromatic N) is 2. The highest BCUT2D eigenvalue weighted by molar-refractivity contribution is 6.09. The summed E-state index contributed by atoms with van der Waals surface area (Å²) >= 11 is 0. The van der Waals surface area contributed by atoms with Gasteiger partial charge in [0.1, 0.15) is 0 Å². The number of benzene rings is 3. The second kappa shape index (κ2) is 6.88. The fourth-order valence-corrected chi connectivity index (χ4v) is 3.22. The van der Waals surface area contributed by atoms with Crippen LogP contribution in [-0.2, 0) is 10.3 Å². The molecular formula is C22H17N3O2. The summed E-state index contributed by atoms with van der Waals surface area (Å²) in [6.45, 7) is 0. The fraction of sp³-hybridized carbons (Fsp3) is 0.0455. The van der Waals surface area contributed by atoms with Crippen LogP contribution in [0.4, 0.5) is 4.79 Å². The van der Waals surface area contributed by atoms with Crippen molar-refractivity contribution in [3.8, 4) is 0 Å². The predicted molar refractivity (Wildman–Crippen MR) is 103 cm³/mol. The van der Waals surface area contributed by atoms with Crippen molar-refractivity contribution in [2.45, 2.75) is 5.54 Å². The van der Waals surface area contributed by atoms with E-state index in [1.165, 1.54) is 6.21 Å². The van der Waals surface area contributed by atoms with Gasteiger partial charge in [0.25, 0.3) is 5.91 Å². The topological polar surface area (TPSA) is 61.8 Å². The molecule has 1 saturated heterocycles. The van der Waals surface area contributed by atoms with E-state index >= 15 is 0 Å². The van der Waals surface area contributed by atoms with Crippen molar-refractivity contribution < 1.29 is 9.59 Å². The molecule has 0 atom stereocenters. The summed E-state index contributed by atoms with van der Waals surface area (Å²) in [4.78, 5) is 26.0. The van der Waals surface area contributed by atoms with Crippen molar-refractivity contribution in [1.82, 2.24) is 10.3 Å². The highest BCUT2D eigenvalue weighted by Crippen LogP contribution is 2.36. The molecule has 1 aliphatic heterocycles. The van der Waals surface area contributed by atoms with Crippen LogP contribution >= 0.6 is 0 Å². The van der Waals surface area contributed by atoms with Crippen molar-refractivity contribution in [3.05, 3.63) is 108 Å². The quantitative estimate of drug-likeness (QED) is 0.575. The first-order valence-electron chi connectivity index (χ1n) is 8.58. The number of amides is 3. The maximum absolute atomic E-state index is 13.4. The summed E-state index contributed by atoms with van der Waals surface area (Å²) in [5.41, 5.74) is 0.877. The van der Waals surface area contributed by atoms with E-state index in [-0.39, 0.29) is 0 Å². The van der Waals surface area contributed by atoms with Gasteiger partial charge < -0.3 is 5.32 Å². The molecule has 3 aromatic carbocycles. The summed E-state index contributed by atoms with van der Waals surface area (Å²) in [7, 11) is 0. The monoisotopic (exact) mass is 355 g/mol. The molecule has 0 aromatic heterocycles. The van der Waals surface area contributed by atoms with Gasteiger partial charge in [-0.2, -0.15) is 5.10 Å². The molecule has 0 bridgehead atoms. The van der Waals surface area contributed by atoms with Crippen molar-refractivity contribution in [1.29, 1.82) is 0 Å². The third-order valence-corrected chi connectivity index (χ3v) is 4.54. The zero-order chi connectivity index (χ0) is 18.7. The molecule has 3 amide bonds. The molecular weight excluding hydrogens is 338 g/mol. The van der Waals surface area contributed by atoms with E-state index in [1.807, 2.05) is 91.0 Å². The van der Waals surface area contributed by atoms with Crippen LogP contribution in [0.3, 0.4) is 0 Å². The largest absolute Gasteiger partial charge is 0.346 e. The van der Waals surface area contributed by atoms with Crippen LogP contribution in [0.25, 0.3) is 0 Å². The van der Waals surface area contributed by atoms with Gasteiger partial charge in [0.2, 0.25) is 0 Å². The van der Waals surface area contributed by atoms with Gasteiger partial charge in [-0.1, -0.05) is 91.0 Å². The number of hydrogen-bond donors (Lipinski definition) is 1. The van der Waals surface area contributed by atoms with Crippen LogP contribution in [0.15, 0.2) is 96.1 Å². The molecule has 3 aromatic rings. The van der Waals surface area contributed by atoms with E-state index in [0.29, 0.717) is 11.1 Å². The van der Waals surface area contributed by atoms with E-state index in [9.17, 15) is 9.59 Å². The summed E-state index contributed by atoms with van der Waals surface area (Å²) in [5.74, 6) is -0.433. The van der Waals surface area contributed by atoms with Gasteiger partial charge in [-0.05, 0) is 16.7 Å². The van der Waals surface area contributed by atoms with Crippen LogP contribution in [0, 0.1) is 0 Å². The van der Waals surface area contributed by atoms with Gasteiger partial charge in [0, 0.05) is 0 Å². The molecule has 4 rings (SSSR count). The van der Waals surface area contributed by atoms with Gasteiger partial charge >= 0.3 is 6.03 Å². The minimum absolute atomic E-state index is 0.433. The number of hydrazone groups is 1. The van der Waals surface area contributed by atoms with E-state index in [2.05, 4.69) is 10.4 Å². The zero-order valence-electron chi connectivity index (χ0n) is 14.4. The van der Waals surface area contributed by atoms with Gasteiger partial charge in [0.05, 0.1) is 6.21 Å². The number of hydrogen-bond acceptors (Lipinski definition) is 3. The molecule has 0 unspecified atom stereocenters. The van der Waals surface area contributed by atoms with Crippen molar-refractivity contribution in [2.75, 3.05) is 0 Å². The molecule has 5 nitrogen and oxygen atoms in total. The lowest BCUT2D eigenvalue weighted by Gasteiger charge is -2.27. The smallest absolute Gasteiger partial charge is 0.314 e. The van der Waals surface area contributed by atoms with E-state index in [0.717, 1.165) is 10.6 Å². The lowest BCUT2D eigenvalue weighted by molar-refractivity contribution is -0.130. The number of carbonyl (C=O) groups excluding carboxylic acids is 2. The Kier molecular flexibility index (Phi) is 4.26. The first-order valence-corrected chi connectivity index (χ1v) is 8.58. The van der Waals surface area contributed by atoms with Crippen LogP contribution < -0.4 is 5.32 Å². The molecule has 0 radical (unpaired) electrons. The third-order valence-electron chi connectivity index (χ3n) is 4.54. The molecule has 1 heterocycles. The lowest BCUT2D eigenvalue weighted by Crippen LogP contribution is -2.44. The molecule has 27 heavy (non-hydrogen) atoms. The number of nitrogens with one attached hydrogen (secondary N) is 1. The molecule has 1 aliphatic rings. The standard InChI is InChI=1S/C22H17N3O2/c26-20-22(18-12-6-2-7-13-18,19-14-8-3-9-15-19)24-21(27)25(20)23-16-17-10-4-1-5-11-17/h1-16H,(H,24,27)/b23-16-. The lowest BCUT2D eigenvalue weighted by atomic mass is 9.83. The Balaban J connectivity index is 1.78.